The third kappa shape index (κ3) is 6.07. The topological polar surface area (TPSA) is 106 Å². The largest absolute Gasteiger partial charge is 0.416 e. The molecule has 8 nitrogen and oxygen atoms in total. The minimum absolute atomic E-state index is 0.0123. The molecule has 2 unspecified atom stereocenters. The zero-order chi connectivity index (χ0) is 31.0. The Kier molecular flexibility index (Phi) is 8.69. The molecule has 5 rings (SSSR count). The summed E-state index contributed by atoms with van der Waals surface area (Å²) >= 11 is 0. The van der Waals surface area contributed by atoms with Crippen LogP contribution in [-0.4, -0.2) is 67.7 Å². The van der Waals surface area contributed by atoms with E-state index in [1.165, 1.54) is 11.2 Å². The van der Waals surface area contributed by atoms with Crippen LogP contribution in [0.5, 0.6) is 0 Å². The Hall–Kier alpha value is -3.30. The molecule has 2 saturated heterocycles. The van der Waals surface area contributed by atoms with Crippen molar-refractivity contribution in [3.05, 3.63) is 64.2 Å². The predicted molar refractivity (Wildman–Crippen MR) is 157 cm³/mol. The van der Waals surface area contributed by atoms with Crippen LogP contribution in [0.1, 0.15) is 65.2 Å². The Bertz CT molecular complexity index is 1420. The zero-order valence-electron chi connectivity index (χ0n) is 24.8. The van der Waals surface area contributed by atoms with Gasteiger partial charge in [0.15, 0.2) is 6.34 Å². The van der Waals surface area contributed by atoms with Crippen molar-refractivity contribution in [2.24, 2.45) is 11.7 Å². The Labute approximate surface area is 250 Å². The summed E-state index contributed by atoms with van der Waals surface area (Å²) < 4.78 is 48.8. The number of halogens is 3. The lowest BCUT2D eigenvalue weighted by atomic mass is 9.74. The van der Waals surface area contributed by atoms with Gasteiger partial charge in [-0.3, -0.25) is 25.3 Å². The minimum atomic E-state index is -4.61. The van der Waals surface area contributed by atoms with E-state index < -0.39 is 23.1 Å². The van der Waals surface area contributed by atoms with Crippen LogP contribution >= 0.6 is 0 Å². The quantitative estimate of drug-likeness (QED) is 0.164. The highest BCUT2D eigenvalue weighted by Crippen LogP contribution is 2.42. The van der Waals surface area contributed by atoms with E-state index in [4.69, 9.17) is 15.9 Å². The average Bonchev–Trinajstić information content (AvgIpc) is 3.56. The second-order valence-corrected chi connectivity index (χ2v) is 12.6. The summed E-state index contributed by atoms with van der Waals surface area (Å²) in [5.74, 6) is -0.590. The van der Waals surface area contributed by atoms with Gasteiger partial charge in [-0.1, -0.05) is 25.5 Å². The summed E-state index contributed by atoms with van der Waals surface area (Å²) in [7, 11) is 1.95. The maximum atomic E-state index is 14.3. The first-order valence-corrected chi connectivity index (χ1v) is 14.9. The number of nitrogens with one attached hydrogen (secondary N) is 1. The number of rotatable bonds is 11. The van der Waals surface area contributed by atoms with Gasteiger partial charge in [-0.25, -0.2) is 0 Å². The highest BCUT2D eigenvalue weighted by atomic mass is 19.4. The van der Waals surface area contributed by atoms with Crippen molar-refractivity contribution in [2.75, 3.05) is 44.8 Å². The number of ether oxygens (including phenoxy) is 1. The number of likely N-dealkylation sites (tertiary alicyclic amines) is 1. The number of quaternary nitrogens is 1. The van der Waals surface area contributed by atoms with Crippen LogP contribution < -0.4 is 10.6 Å². The molecule has 3 heterocycles. The van der Waals surface area contributed by atoms with Crippen molar-refractivity contribution < 1.29 is 27.2 Å². The fourth-order valence-electron chi connectivity index (χ4n) is 6.55. The van der Waals surface area contributed by atoms with Crippen LogP contribution in [0.15, 0.2) is 36.4 Å². The summed E-state index contributed by atoms with van der Waals surface area (Å²) in [5, 5.41) is 17.3. The van der Waals surface area contributed by atoms with Crippen molar-refractivity contribution in [1.82, 2.24) is 4.90 Å². The number of unbranched alkanes of at least 4 members (excludes halogenated alkanes) is 1. The molecule has 0 saturated carbocycles. The second kappa shape index (κ2) is 12.0. The monoisotopic (exact) mass is 597 g/mol. The fourth-order valence-corrected chi connectivity index (χ4v) is 6.55. The number of carbonyl (C=O) groups excluding carboxylic acids is 1. The Morgan fingerprint density at radius 3 is 2.67 bits per heavy atom. The van der Waals surface area contributed by atoms with Gasteiger partial charge in [0.25, 0.3) is 5.91 Å². The first-order valence-electron chi connectivity index (χ1n) is 14.9. The van der Waals surface area contributed by atoms with Gasteiger partial charge in [0.2, 0.25) is 0 Å². The number of nitrogens with zero attached hydrogens (tertiary/aromatic N) is 4. The van der Waals surface area contributed by atoms with Crippen LogP contribution in [0.4, 0.5) is 18.9 Å². The van der Waals surface area contributed by atoms with Crippen molar-refractivity contribution in [2.45, 2.75) is 63.5 Å². The van der Waals surface area contributed by atoms with Crippen molar-refractivity contribution in [1.29, 1.82) is 10.7 Å². The first-order chi connectivity index (χ1) is 20.4. The molecule has 0 spiro atoms. The van der Waals surface area contributed by atoms with Gasteiger partial charge >= 0.3 is 6.18 Å². The number of nitriles is 1. The lowest BCUT2D eigenvalue weighted by molar-refractivity contribution is -0.843. The predicted octanol–water partition coefficient (Wildman–Crippen LogP) is 5.01. The van der Waals surface area contributed by atoms with Gasteiger partial charge in [-0.15, -0.1) is 0 Å². The van der Waals surface area contributed by atoms with Gasteiger partial charge in [-0.05, 0) is 60.3 Å². The Morgan fingerprint density at radius 2 is 2.07 bits per heavy atom. The second-order valence-electron chi connectivity index (χ2n) is 12.6. The van der Waals surface area contributed by atoms with Gasteiger partial charge in [0, 0.05) is 36.2 Å². The summed E-state index contributed by atoms with van der Waals surface area (Å²) in [4.78, 5) is 17.1. The molecule has 11 heteroatoms. The van der Waals surface area contributed by atoms with Crippen LogP contribution in [-0.2, 0) is 29.4 Å². The number of benzene rings is 2. The molecular formula is C32H40F3N6O2+. The van der Waals surface area contributed by atoms with Crippen LogP contribution in [0.25, 0.3) is 0 Å². The van der Waals surface area contributed by atoms with E-state index in [1.807, 2.05) is 30.1 Å². The number of hydrogen-bond donors (Lipinski definition) is 2. The third-order valence-electron chi connectivity index (χ3n) is 9.44. The van der Waals surface area contributed by atoms with Crippen LogP contribution in [0, 0.1) is 22.7 Å². The van der Waals surface area contributed by atoms with E-state index in [1.54, 1.807) is 12.1 Å². The minimum Gasteiger partial charge on any atom is -0.379 e. The number of alkyl halides is 3. The van der Waals surface area contributed by atoms with Gasteiger partial charge in [-0.2, -0.15) is 18.4 Å². The molecule has 2 aromatic rings. The van der Waals surface area contributed by atoms with Crippen LogP contribution in [0.2, 0.25) is 0 Å². The molecule has 3 aliphatic rings. The average molecular weight is 598 g/mol. The zero-order valence-corrected chi connectivity index (χ0v) is 24.8. The van der Waals surface area contributed by atoms with E-state index >= 15 is 0 Å². The molecular weight excluding hydrogens is 557 g/mol. The number of hydrogen-bond acceptors (Lipinski definition) is 6. The summed E-state index contributed by atoms with van der Waals surface area (Å²) in [6.07, 6.45) is -0.384. The van der Waals surface area contributed by atoms with E-state index in [0.717, 1.165) is 31.0 Å². The van der Waals surface area contributed by atoms with Gasteiger partial charge in [0.05, 0.1) is 50.9 Å². The van der Waals surface area contributed by atoms with Crippen LogP contribution in [0.3, 0.4) is 0 Å². The molecule has 3 aliphatic heterocycles. The molecule has 2 aromatic carbocycles. The maximum Gasteiger partial charge on any atom is 0.416 e. The third-order valence-corrected chi connectivity index (χ3v) is 9.44. The number of anilines is 1. The standard InChI is InChI=1S/C32H40F3N6O2/c1-3-4-10-41(2,21-37)29(38)14-31(19-43-20-31)24-6-5-7-25(13-24)40-18-27-26(30(40)42)11-23(12-28(27)32(33,34)35)17-39-9-8-22(15-36)16-39/h5-7,11-13,21-22,29,37H,3-4,8-10,14,16-20,38H2,1-2H3/q+1/t22-,29?,41?/m0/s1. The number of amides is 1. The van der Waals surface area contributed by atoms with Crippen molar-refractivity contribution >= 4 is 17.9 Å². The van der Waals surface area contributed by atoms with E-state index in [0.29, 0.717) is 54.9 Å². The molecule has 3 atom stereocenters. The SMILES string of the molecule is CCCC[N+](C)(C=N)C(N)CC1(c2cccc(N3Cc4c(cc(CN5CC[C@@H](C#N)C5)cc4C(F)(F)F)C3=O)c2)COC1. The van der Waals surface area contributed by atoms with Crippen molar-refractivity contribution in [3.8, 4) is 6.07 Å². The molecule has 230 valence electrons. The molecule has 0 aromatic heterocycles. The Morgan fingerprint density at radius 1 is 1.30 bits per heavy atom. The van der Waals surface area contributed by atoms with Gasteiger partial charge < -0.3 is 9.64 Å². The highest BCUT2D eigenvalue weighted by molar-refractivity contribution is 6.10. The molecule has 1 amide bonds. The first kappa shape index (κ1) is 31.1. The van der Waals surface area contributed by atoms with Gasteiger partial charge in [0.1, 0.15) is 6.17 Å². The Balaban J connectivity index is 1.41. The fraction of sp³-hybridized carbons (Fsp3) is 0.531. The summed E-state index contributed by atoms with van der Waals surface area (Å²) in [6.45, 7) is 4.95. The number of fused-ring (bicyclic) bond motifs is 1. The summed E-state index contributed by atoms with van der Waals surface area (Å²) in [5.41, 5.74) is 7.42. The lowest BCUT2D eigenvalue weighted by Crippen LogP contribution is -2.61. The molecule has 2 fully saturated rings. The molecule has 0 radical (unpaired) electrons. The smallest absolute Gasteiger partial charge is 0.379 e. The molecule has 0 bridgehead atoms. The van der Waals surface area contributed by atoms with E-state index in [9.17, 15) is 23.2 Å². The molecule has 0 aliphatic carbocycles. The molecule has 3 N–H and O–H groups in total. The van der Waals surface area contributed by atoms with E-state index in [2.05, 4.69) is 13.0 Å². The highest BCUT2D eigenvalue weighted by Gasteiger charge is 2.46. The number of nitrogens with two attached hydrogens (primary N) is 1. The molecule has 43 heavy (non-hydrogen) atoms. The van der Waals surface area contributed by atoms with Crippen molar-refractivity contribution in [3.63, 3.8) is 0 Å². The maximum absolute atomic E-state index is 14.3. The van der Waals surface area contributed by atoms with E-state index in [-0.39, 0.29) is 36.3 Å². The normalized spacial score (nSPS) is 22.0. The lowest BCUT2D eigenvalue weighted by Gasteiger charge is -2.46. The summed E-state index contributed by atoms with van der Waals surface area (Å²) in [6, 6.07) is 12.4. The number of carbonyl (C=O) groups is 1.